The number of rotatable bonds is 5. The standard InChI is InChI=1S/C14H10BrN5O3S2/c15-10-7-16-14-9(3-1-5-20(10)14)13-18-11(23-19-13)8-17-25(21,22)12-4-2-6-24-12/h1-7,17H,8H2. The average Bonchev–Trinajstić information content (AvgIpc) is 3.34. The summed E-state index contributed by atoms with van der Waals surface area (Å²) in [6.07, 6.45) is 3.53. The van der Waals surface area contributed by atoms with Crippen molar-refractivity contribution in [2.45, 2.75) is 10.8 Å². The number of halogens is 1. The number of hydrogen-bond donors (Lipinski definition) is 1. The quantitative estimate of drug-likeness (QED) is 0.512. The SMILES string of the molecule is O=S(=O)(NCc1nc(-c2cccn3c(Br)cnc23)no1)c1cccs1. The lowest BCUT2D eigenvalue weighted by Crippen LogP contribution is -2.22. The van der Waals surface area contributed by atoms with Gasteiger partial charge in [-0.2, -0.15) is 4.98 Å². The van der Waals surface area contributed by atoms with Crippen molar-refractivity contribution in [3.8, 4) is 11.4 Å². The lowest BCUT2D eigenvalue weighted by atomic mass is 10.2. The van der Waals surface area contributed by atoms with E-state index in [0.717, 1.165) is 15.9 Å². The fourth-order valence-electron chi connectivity index (χ4n) is 2.24. The van der Waals surface area contributed by atoms with Gasteiger partial charge in [0, 0.05) is 6.20 Å². The van der Waals surface area contributed by atoms with E-state index in [1.807, 2.05) is 22.7 Å². The maximum Gasteiger partial charge on any atom is 0.250 e. The van der Waals surface area contributed by atoms with Crippen LogP contribution in [0.5, 0.6) is 0 Å². The van der Waals surface area contributed by atoms with Crippen molar-refractivity contribution in [1.29, 1.82) is 0 Å². The largest absolute Gasteiger partial charge is 0.338 e. The van der Waals surface area contributed by atoms with Crippen molar-refractivity contribution in [3.05, 3.63) is 52.5 Å². The van der Waals surface area contributed by atoms with E-state index in [2.05, 4.69) is 35.8 Å². The van der Waals surface area contributed by atoms with Crippen molar-refractivity contribution in [1.82, 2.24) is 24.2 Å². The molecule has 4 heterocycles. The second kappa shape index (κ2) is 6.33. The van der Waals surface area contributed by atoms with Gasteiger partial charge < -0.3 is 4.52 Å². The van der Waals surface area contributed by atoms with Crippen LogP contribution in [0.15, 0.2) is 55.4 Å². The van der Waals surface area contributed by atoms with E-state index < -0.39 is 10.0 Å². The Hall–Kier alpha value is -2.08. The summed E-state index contributed by atoms with van der Waals surface area (Å²) in [6, 6.07) is 6.86. The minimum Gasteiger partial charge on any atom is -0.338 e. The summed E-state index contributed by atoms with van der Waals surface area (Å²) in [7, 11) is -3.58. The highest BCUT2D eigenvalue weighted by molar-refractivity contribution is 9.10. The molecule has 128 valence electrons. The number of pyridine rings is 1. The monoisotopic (exact) mass is 439 g/mol. The summed E-state index contributed by atoms with van der Waals surface area (Å²) in [6.45, 7) is -0.0888. The first kappa shape index (κ1) is 16.4. The summed E-state index contributed by atoms with van der Waals surface area (Å²) in [4.78, 5) is 8.56. The molecule has 0 spiro atoms. The summed E-state index contributed by atoms with van der Waals surface area (Å²) in [5, 5.41) is 5.62. The smallest absolute Gasteiger partial charge is 0.250 e. The summed E-state index contributed by atoms with van der Waals surface area (Å²) in [5.41, 5.74) is 1.35. The van der Waals surface area contributed by atoms with Gasteiger partial charge in [-0.05, 0) is 39.5 Å². The fraction of sp³-hybridized carbons (Fsp3) is 0.0714. The van der Waals surface area contributed by atoms with Crippen LogP contribution in [0.1, 0.15) is 5.89 Å². The zero-order valence-corrected chi connectivity index (χ0v) is 15.7. The van der Waals surface area contributed by atoms with E-state index in [9.17, 15) is 8.42 Å². The van der Waals surface area contributed by atoms with E-state index in [0.29, 0.717) is 17.0 Å². The second-order valence-corrected chi connectivity index (χ2v) is 8.72. The first-order valence-electron chi connectivity index (χ1n) is 7.02. The molecule has 0 unspecified atom stereocenters. The molecule has 0 amide bonds. The number of sulfonamides is 1. The van der Waals surface area contributed by atoms with Gasteiger partial charge in [-0.25, -0.2) is 18.1 Å². The molecular formula is C14H10BrN5O3S2. The number of hydrogen-bond acceptors (Lipinski definition) is 7. The Bertz CT molecular complexity index is 1130. The Morgan fingerprint density at radius 3 is 3.00 bits per heavy atom. The minimum atomic E-state index is -3.58. The van der Waals surface area contributed by atoms with E-state index in [1.54, 1.807) is 17.6 Å². The number of aromatic nitrogens is 4. The van der Waals surface area contributed by atoms with Crippen LogP contribution in [-0.2, 0) is 16.6 Å². The lowest BCUT2D eigenvalue weighted by Gasteiger charge is -2.00. The molecule has 0 saturated carbocycles. The molecule has 0 bridgehead atoms. The lowest BCUT2D eigenvalue weighted by molar-refractivity contribution is 0.376. The molecule has 4 rings (SSSR count). The number of imidazole rings is 1. The van der Waals surface area contributed by atoms with E-state index >= 15 is 0 Å². The van der Waals surface area contributed by atoms with Gasteiger partial charge in [0.25, 0.3) is 10.0 Å². The molecule has 0 aliphatic heterocycles. The molecule has 0 radical (unpaired) electrons. The summed E-state index contributed by atoms with van der Waals surface area (Å²) < 4.78 is 34.7. The normalized spacial score (nSPS) is 12.0. The third kappa shape index (κ3) is 3.11. The predicted molar refractivity (Wildman–Crippen MR) is 94.5 cm³/mol. The van der Waals surface area contributed by atoms with Gasteiger partial charge in [0.2, 0.25) is 11.7 Å². The predicted octanol–water partition coefficient (Wildman–Crippen LogP) is 2.69. The Kier molecular flexibility index (Phi) is 4.15. The highest BCUT2D eigenvalue weighted by Gasteiger charge is 2.18. The first-order chi connectivity index (χ1) is 12.0. The van der Waals surface area contributed by atoms with E-state index in [1.165, 1.54) is 6.07 Å². The van der Waals surface area contributed by atoms with Gasteiger partial charge in [0.15, 0.2) is 0 Å². The van der Waals surface area contributed by atoms with Gasteiger partial charge in [0.1, 0.15) is 14.5 Å². The molecule has 0 aliphatic carbocycles. The third-order valence-corrected chi connectivity index (χ3v) is 6.76. The third-order valence-electron chi connectivity index (χ3n) is 3.37. The zero-order valence-electron chi connectivity index (χ0n) is 12.5. The minimum absolute atomic E-state index is 0.0888. The van der Waals surface area contributed by atoms with Crippen LogP contribution in [0.2, 0.25) is 0 Å². The maximum absolute atomic E-state index is 12.1. The van der Waals surface area contributed by atoms with Gasteiger partial charge in [0.05, 0.1) is 18.3 Å². The maximum atomic E-state index is 12.1. The van der Waals surface area contributed by atoms with Crippen molar-refractivity contribution in [2.24, 2.45) is 0 Å². The van der Waals surface area contributed by atoms with Gasteiger partial charge in [-0.3, -0.25) is 4.40 Å². The molecule has 4 aromatic rings. The molecular weight excluding hydrogens is 430 g/mol. The van der Waals surface area contributed by atoms with Gasteiger partial charge >= 0.3 is 0 Å². The van der Waals surface area contributed by atoms with Crippen LogP contribution in [0, 0.1) is 0 Å². The number of fused-ring (bicyclic) bond motifs is 1. The fourth-order valence-corrected chi connectivity index (χ4v) is 4.64. The topological polar surface area (TPSA) is 102 Å². The number of nitrogens with one attached hydrogen (secondary N) is 1. The van der Waals surface area contributed by atoms with Crippen LogP contribution >= 0.6 is 27.3 Å². The molecule has 8 nitrogen and oxygen atoms in total. The van der Waals surface area contributed by atoms with Gasteiger partial charge in [-0.1, -0.05) is 11.2 Å². The Labute approximate surface area is 154 Å². The second-order valence-electron chi connectivity index (χ2n) is 4.96. The van der Waals surface area contributed by atoms with E-state index in [4.69, 9.17) is 4.52 Å². The highest BCUT2D eigenvalue weighted by atomic mass is 79.9. The molecule has 1 N–H and O–H groups in total. The Morgan fingerprint density at radius 1 is 1.32 bits per heavy atom. The van der Waals surface area contributed by atoms with Crippen LogP contribution in [0.3, 0.4) is 0 Å². The zero-order chi connectivity index (χ0) is 17.4. The molecule has 25 heavy (non-hydrogen) atoms. The molecule has 0 atom stereocenters. The molecule has 0 saturated heterocycles. The molecule has 0 aromatic carbocycles. The van der Waals surface area contributed by atoms with Crippen molar-refractivity contribution < 1.29 is 12.9 Å². The van der Waals surface area contributed by atoms with Crippen molar-refractivity contribution in [3.63, 3.8) is 0 Å². The molecule has 11 heteroatoms. The highest BCUT2D eigenvalue weighted by Crippen LogP contribution is 2.24. The molecule has 4 aromatic heterocycles. The average molecular weight is 440 g/mol. The van der Waals surface area contributed by atoms with Crippen LogP contribution in [0.25, 0.3) is 17.0 Å². The number of thiophene rings is 1. The van der Waals surface area contributed by atoms with Crippen LogP contribution in [0.4, 0.5) is 0 Å². The molecule has 0 aliphatic rings. The first-order valence-corrected chi connectivity index (χ1v) is 10.2. The van der Waals surface area contributed by atoms with Crippen molar-refractivity contribution >= 4 is 42.9 Å². The number of nitrogens with zero attached hydrogens (tertiary/aromatic N) is 4. The van der Waals surface area contributed by atoms with E-state index in [-0.39, 0.29) is 16.6 Å². The van der Waals surface area contributed by atoms with Crippen LogP contribution in [-0.4, -0.2) is 27.9 Å². The Morgan fingerprint density at radius 2 is 2.20 bits per heavy atom. The summed E-state index contributed by atoms with van der Waals surface area (Å²) in [5.74, 6) is 0.511. The Balaban J connectivity index is 1.58. The van der Waals surface area contributed by atoms with Crippen LogP contribution < -0.4 is 4.72 Å². The van der Waals surface area contributed by atoms with Crippen molar-refractivity contribution in [2.75, 3.05) is 0 Å². The molecule has 0 fully saturated rings. The summed E-state index contributed by atoms with van der Waals surface area (Å²) >= 11 is 4.54. The van der Waals surface area contributed by atoms with Gasteiger partial charge in [-0.15, -0.1) is 11.3 Å².